The van der Waals surface area contributed by atoms with Gasteiger partial charge in [0.05, 0.1) is 19.9 Å². The molecule has 0 aromatic heterocycles. The van der Waals surface area contributed by atoms with E-state index in [2.05, 4.69) is 15.8 Å². The number of methoxy groups -OCH3 is 1. The molecule has 0 aliphatic rings. The summed E-state index contributed by atoms with van der Waals surface area (Å²) in [5.74, 6) is 0.671. The molecule has 0 atom stereocenters. The van der Waals surface area contributed by atoms with E-state index in [4.69, 9.17) is 21.1 Å². The third-order valence-corrected chi connectivity index (χ3v) is 3.85. The summed E-state index contributed by atoms with van der Waals surface area (Å²) < 4.78 is 10.5. The summed E-state index contributed by atoms with van der Waals surface area (Å²) in [6.07, 6.45) is 1.48. The SMILES string of the molecule is CCOc1ccc(NC(=O)CCC(=O)NN=Cc2cc(Cl)ccc2OC)cc1. The zero-order chi connectivity index (χ0) is 20.4. The molecular weight excluding hydrogens is 382 g/mol. The normalized spacial score (nSPS) is 10.5. The number of amides is 2. The average Bonchev–Trinajstić information content (AvgIpc) is 2.68. The second-order valence-electron chi connectivity index (χ2n) is 5.69. The van der Waals surface area contributed by atoms with Gasteiger partial charge < -0.3 is 14.8 Å². The average molecular weight is 404 g/mol. The van der Waals surface area contributed by atoms with Gasteiger partial charge in [0.25, 0.3) is 0 Å². The second kappa shape index (κ2) is 10.9. The molecule has 0 saturated carbocycles. The van der Waals surface area contributed by atoms with Gasteiger partial charge in [0.15, 0.2) is 0 Å². The van der Waals surface area contributed by atoms with Crippen molar-refractivity contribution in [1.29, 1.82) is 0 Å². The molecule has 8 heteroatoms. The van der Waals surface area contributed by atoms with Crippen molar-refractivity contribution < 1.29 is 19.1 Å². The van der Waals surface area contributed by atoms with Crippen molar-refractivity contribution in [3.63, 3.8) is 0 Å². The summed E-state index contributed by atoms with van der Waals surface area (Å²) >= 11 is 5.93. The van der Waals surface area contributed by atoms with Crippen molar-refractivity contribution in [3.8, 4) is 11.5 Å². The Morgan fingerprint density at radius 1 is 1.11 bits per heavy atom. The van der Waals surface area contributed by atoms with Gasteiger partial charge in [-0.3, -0.25) is 9.59 Å². The van der Waals surface area contributed by atoms with E-state index in [1.54, 1.807) is 42.5 Å². The van der Waals surface area contributed by atoms with E-state index in [9.17, 15) is 9.59 Å². The Kier molecular flexibility index (Phi) is 8.30. The molecule has 0 aliphatic heterocycles. The van der Waals surface area contributed by atoms with Crippen LogP contribution in [0.15, 0.2) is 47.6 Å². The first-order valence-electron chi connectivity index (χ1n) is 8.70. The van der Waals surface area contributed by atoms with Crippen molar-refractivity contribution >= 4 is 35.3 Å². The Hall–Kier alpha value is -3.06. The highest BCUT2D eigenvalue weighted by molar-refractivity contribution is 6.30. The van der Waals surface area contributed by atoms with Gasteiger partial charge in [-0.1, -0.05) is 11.6 Å². The number of nitrogens with zero attached hydrogens (tertiary/aromatic N) is 1. The van der Waals surface area contributed by atoms with Gasteiger partial charge in [-0.25, -0.2) is 5.43 Å². The number of rotatable bonds is 9. The number of carbonyl (C=O) groups is 2. The lowest BCUT2D eigenvalue weighted by Crippen LogP contribution is -2.20. The Morgan fingerprint density at radius 3 is 2.50 bits per heavy atom. The molecule has 0 radical (unpaired) electrons. The van der Waals surface area contributed by atoms with Crippen molar-refractivity contribution in [3.05, 3.63) is 53.1 Å². The van der Waals surface area contributed by atoms with E-state index in [1.807, 2.05) is 6.92 Å². The number of halogens is 1. The maximum atomic E-state index is 12.0. The summed E-state index contributed by atoms with van der Waals surface area (Å²) in [7, 11) is 1.53. The van der Waals surface area contributed by atoms with Crippen LogP contribution < -0.4 is 20.2 Å². The smallest absolute Gasteiger partial charge is 0.240 e. The summed E-state index contributed by atoms with van der Waals surface area (Å²) in [4.78, 5) is 23.8. The van der Waals surface area contributed by atoms with Crippen molar-refractivity contribution in [2.45, 2.75) is 19.8 Å². The number of hydrogen-bond donors (Lipinski definition) is 2. The van der Waals surface area contributed by atoms with Gasteiger partial charge in [-0.2, -0.15) is 5.10 Å². The van der Waals surface area contributed by atoms with Crippen molar-refractivity contribution in [1.82, 2.24) is 5.43 Å². The molecule has 2 rings (SSSR count). The highest BCUT2D eigenvalue weighted by Gasteiger charge is 2.07. The number of hydrazone groups is 1. The van der Waals surface area contributed by atoms with Gasteiger partial charge >= 0.3 is 0 Å². The Labute approximate surface area is 168 Å². The molecule has 0 fully saturated rings. The summed E-state index contributed by atoms with van der Waals surface area (Å²) in [6, 6.07) is 12.1. The second-order valence-corrected chi connectivity index (χ2v) is 6.12. The third kappa shape index (κ3) is 6.92. The van der Waals surface area contributed by atoms with Crippen LogP contribution in [0.4, 0.5) is 5.69 Å². The molecule has 2 aromatic rings. The highest BCUT2D eigenvalue weighted by Crippen LogP contribution is 2.20. The fraction of sp³-hybridized carbons (Fsp3) is 0.250. The van der Waals surface area contributed by atoms with E-state index >= 15 is 0 Å². The van der Waals surface area contributed by atoms with Gasteiger partial charge in [0, 0.05) is 29.1 Å². The number of benzene rings is 2. The van der Waals surface area contributed by atoms with Gasteiger partial charge in [0.1, 0.15) is 11.5 Å². The van der Waals surface area contributed by atoms with Gasteiger partial charge in [0.2, 0.25) is 11.8 Å². The maximum absolute atomic E-state index is 12.0. The van der Waals surface area contributed by atoms with E-state index in [1.165, 1.54) is 13.3 Å². The molecular formula is C20H22ClN3O4. The number of hydrogen-bond acceptors (Lipinski definition) is 5. The molecule has 7 nitrogen and oxygen atoms in total. The lowest BCUT2D eigenvalue weighted by molar-refractivity contribution is -0.124. The largest absolute Gasteiger partial charge is 0.496 e. The molecule has 0 aliphatic carbocycles. The van der Waals surface area contributed by atoms with Crippen LogP contribution in [0.5, 0.6) is 11.5 Å². The van der Waals surface area contributed by atoms with E-state index in [-0.39, 0.29) is 24.7 Å². The lowest BCUT2D eigenvalue weighted by atomic mass is 10.2. The number of ether oxygens (including phenoxy) is 2. The monoisotopic (exact) mass is 403 g/mol. The zero-order valence-electron chi connectivity index (χ0n) is 15.7. The number of anilines is 1. The fourth-order valence-electron chi connectivity index (χ4n) is 2.29. The number of carbonyl (C=O) groups excluding carboxylic acids is 2. The molecule has 2 aromatic carbocycles. The maximum Gasteiger partial charge on any atom is 0.240 e. The molecule has 28 heavy (non-hydrogen) atoms. The van der Waals surface area contributed by atoms with Crippen LogP contribution in [0.25, 0.3) is 0 Å². The van der Waals surface area contributed by atoms with Crippen LogP contribution in [0, 0.1) is 0 Å². The molecule has 148 valence electrons. The fourth-order valence-corrected chi connectivity index (χ4v) is 2.47. The first-order chi connectivity index (χ1) is 13.5. The number of nitrogens with one attached hydrogen (secondary N) is 2. The zero-order valence-corrected chi connectivity index (χ0v) is 16.5. The first kappa shape index (κ1) is 21.2. The first-order valence-corrected chi connectivity index (χ1v) is 9.07. The van der Waals surface area contributed by atoms with Gasteiger partial charge in [-0.15, -0.1) is 0 Å². The summed E-state index contributed by atoms with van der Waals surface area (Å²) in [5.41, 5.74) is 3.65. The molecule has 0 spiro atoms. The topological polar surface area (TPSA) is 89.0 Å². The predicted molar refractivity (Wildman–Crippen MR) is 109 cm³/mol. The minimum Gasteiger partial charge on any atom is -0.496 e. The Morgan fingerprint density at radius 2 is 1.82 bits per heavy atom. The van der Waals surface area contributed by atoms with E-state index < -0.39 is 0 Å². The van der Waals surface area contributed by atoms with Crippen LogP contribution in [-0.2, 0) is 9.59 Å². The molecule has 2 N–H and O–H groups in total. The molecule has 0 heterocycles. The van der Waals surface area contributed by atoms with E-state index in [0.717, 1.165) is 5.75 Å². The molecule has 0 unspecified atom stereocenters. The van der Waals surface area contributed by atoms with Crippen LogP contribution in [-0.4, -0.2) is 31.7 Å². The molecule has 0 bridgehead atoms. The minimum absolute atomic E-state index is 0.00683. The predicted octanol–water partition coefficient (Wildman–Crippen LogP) is 3.62. The Balaban J connectivity index is 1.77. The Bertz CT molecular complexity index is 838. The van der Waals surface area contributed by atoms with Crippen LogP contribution in [0.1, 0.15) is 25.3 Å². The molecule has 0 saturated heterocycles. The summed E-state index contributed by atoms with van der Waals surface area (Å²) in [5, 5.41) is 7.12. The quantitative estimate of drug-likeness (QED) is 0.494. The third-order valence-electron chi connectivity index (χ3n) is 3.61. The van der Waals surface area contributed by atoms with E-state index in [0.29, 0.717) is 28.6 Å². The van der Waals surface area contributed by atoms with Crippen LogP contribution >= 0.6 is 11.6 Å². The van der Waals surface area contributed by atoms with Crippen molar-refractivity contribution in [2.75, 3.05) is 19.0 Å². The van der Waals surface area contributed by atoms with Crippen LogP contribution in [0.2, 0.25) is 5.02 Å². The standard InChI is InChI=1S/C20H22ClN3O4/c1-3-28-17-7-5-16(6-8-17)23-19(25)10-11-20(26)24-22-13-14-12-15(21)4-9-18(14)27-2/h4-9,12-13H,3,10-11H2,1-2H3,(H,23,25)(H,24,26). The van der Waals surface area contributed by atoms with Crippen molar-refractivity contribution in [2.24, 2.45) is 5.10 Å². The van der Waals surface area contributed by atoms with Gasteiger partial charge in [-0.05, 0) is 49.4 Å². The lowest BCUT2D eigenvalue weighted by Gasteiger charge is -2.07. The highest BCUT2D eigenvalue weighted by atomic mass is 35.5. The van der Waals surface area contributed by atoms with Crippen LogP contribution in [0.3, 0.4) is 0 Å². The molecule has 2 amide bonds. The summed E-state index contributed by atoms with van der Waals surface area (Å²) in [6.45, 7) is 2.48. The minimum atomic E-state index is -0.376.